The number of benzene rings is 1. The Kier molecular flexibility index (Phi) is 2.80. The molecule has 2 aromatic rings. The molecule has 0 amide bonds. The largest absolute Gasteiger partial charge is 0.369 e. The summed E-state index contributed by atoms with van der Waals surface area (Å²) in [4.78, 5) is 4.53. The average molecular weight is 257 g/mol. The average Bonchev–Trinajstić information content (AvgIpc) is 2.65. The van der Waals surface area contributed by atoms with Crippen molar-refractivity contribution >= 4 is 17.0 Å². The number of rotatable bonds is 1. The topological polar surface area (TPSA) is 43.8 Å². The van der Waals surface area contributed by atoms with Crippen molar-refractivity contribution in [3.8, 4) is 0 Å². The first kappa shape index (κ1) is 12.5. The number of hydrogen-bond acceptors (Lipinski definition) is 2. The third-order valence-electron chi connectivity index (χ3n) is 4.55. The summed E-state index contributed by atoms with van der Waals surface area (Å²) in [6.45, 7) is 6.82. The molecule has 1 fully saturated rings. The van der Waals surface area contributed by atoms with Crippen LogP contribution in [-0.4, -0.2) is 9.55 Å². The summed E-state index contributed by atoms with van der Waals surface area (Å²) in [5, 5.41) is 0. The molecule has 1 aromatic carbocycles. The lowest BCUT2D eigenvalue weighted by Gasteiger charge is -2.35. The lowest BCUT2D eigenvalue weighted by atomic mass is 9.75. The van der Waals surface area contributed by atoms with Crippen LogP contribution >= 0.6 is 0 Å². The molecule has 1 heterocycles. The smallest absolute Gasteiger partial charge is 0.201 e. The van der Waals surface area contributed by atoms with Gasteiger partial charge in [0.2, 0.25) is 5.95 Å². The van der Waals surface area contributed by atoms with Gasteiger partial charge in [-0.3, -0.25) is 0 Å². The molecule has 1 saturated carbocycles. The van der Waals surface area contributed by atoms with Crippen LogP contribution in [0.1, 0.15) is 51.1 Å². The molecule has 1 aromatic heterocycles. The van der Waals surface area contributed by atoms with Gasteiger partial charge in [-0.05, 0) is 55.7 Å². The zero-order valence-electron chi connectivity index (χ0n) is 12.1. The Hall–Kier alpha value is -1.51. The maximum atomic E-state index is 6.15. The second-order valence-corrected chi connectivity index (χ2v) is 6.73. The summed E-state index contributed by atoms with van der Waals surface area (Å²) < 4.78 is 2.25. The van der Waals surface area contributed by atoms with Crippen LogP contribution in [0.4, 0.5) is 5.95 Å². The molecule has 1 aliphatic carbocycles. The van der Waals surface area contributed by atoms with Gasteiger partial charge in [-0.2, -0.15) is 0 Å². The maximum Gasteiger partial charge on any atom is 0.201 e. The summed E-state index contributed by atoms with van der Waals surface area (Å²) in [7, 11) is 0. The van der Waals surface area contributed by atoms with E-state index >= 15 is 0 Å². The normalized spacial score (nSPS) is 19.9. The number of nitrogens with two attached hydrogens (primary N) is 1. The summed E-state index contributed by atoms with van der Waals surface area (Å²) in [5.74, 6) is 0.672. The van der Waals surface area contributed by atoms with Crippen LogP contribution in [-0.2, 0) is 0 Å². The molecule has 3 nitrogen and oxygen atoms in total. The zero-order valence-corrected chi connectivity index (χ0v) is 12.1. The molecule has 0 unspecified atom stereocenters. The van der Waals surface area contributed by atoms with Crippen molar-refractivity contribution in [3.05, 3.63) is 23.8 Å². The Labute approximate surface area is 114 Å². The number of nitrogens with zero attached hydrogens (tertiary/aromatic N) is 2. The third kappa shape index (κ3) is 2.22. The molecule has 2 N–H and O–H groups in total. The van der Waals surface area contributed by atoms with E-state index in [1.54, 1.807) is 0 Å². The van der Waals surface area contributed by atoms with Crippen molar-refractivity contribution in [2.45, 2.75) is 52.5 Å². The number of fused-ring (bicyclic) bond motifs is 1. The van der Waals surface area contributed by atoms with Crippen molar-refractivity contribution in [2.24, 2.45) is 5.41 Å². The second-order valence-electron chi connectivity index (χ2n) is 6.73. The highest BCUT2D eigenvalue weighted by molar-refractivity contribution is 5.79. The van der Waals surface area contributed by atoms with Gasteiger partial charge in [-0.25, -0.2) is 4.98 Å². The number of aryl methyl sites for hydroxylation is 1. The molecule has 3 heteroatoms. The highest BCUT2D eigenvalue weighted by atomic mass is 15.2. The Bertz CT molecular complexity index is 600. The molecule has 0 spiro atoms. The Balaban J connectivity index is 1.99. The van der Waals surface area contributed by atoms with Crippen LogP contribution in [0.15, 0.2) is 18.2 Å². The van der Waals surface area contributed by atoms with Gasteiger partial charge in [-0.15, -0.1) is 0 Å². The van der Waals surface area contributed by atoms with E-state index < -0.39 is 0 Å². The molecular formula is C16H23N3. The Morgan fingerprint density at radius 3 is 2.63 bits per heavy atom. The molecule has 0 saturated heterocycles. The maximum absolute atomic E-state index is 6.15. The molecule has 0 atom stereocenters. The molecule has 0 bridgehead atoms. The zero-order chi connectivity index (χ0) is 13.6. The molecule has 0 radical (unpaired) electrons. The highest BCUT2D eigenvalue weighted by Crippen LogP contribution is 2.42. The van der Waals surface area contributed by atoms with Crippen LogP contribution in [0.5, 0.6) is 0 Å². The second kappa shape index (κ2) is 4.26. The lowest BCUT2D eigenvalue weighted by Crippen LogP contribution is -2.24. The van der Waals surface area contributed by atoms with E-state index in [-0.39, 0.29) is 0 Å². The van der Waals surface area contributed by atoms with Crippen molar-refractivity contribution in [1.29, 1.82) is 0 Å². The van der Waals surface area contributed by atoms with Crippen LogP contribution in [0.25, 0.3) is 11.0 Å². The van der Waals surface area contributed by atoms with Crippen molar-refractivity contribution < 1.29 is 0 Å². The molecular weight excluding hydrogens is 234 g/mol. The fourth-order valence-corrected chi connectivity index (χ4v) is 3.25. The van der Waals surface area contributed by atoms with Gasteiger partial charge < -0.3 is 10.3 Å². The minimum absolute atomic E-state index is 0.484. The molecule has 1 aliphatic rings. The quantitative estimate of drug-likeness (QED) is 0.837. The number of nitrogen functional groups attached to an aromatic ring is 1. The van der Waals surface area contributed by atoms with Crippen molar-refractivity contribution in [2.75, 3.05) is 5.73 Å². The number of hydrogen-bond donors (Lipinski definition) is 1. The summed E-state index contributed by atoms with van der Waals surface area (Å²) in [6, 6.07) is 6.94. The van der Waals surface area contributed by atoms with Gasteiger partial charge in [0.05, 0.1) is 11.0 Å². The SMILES string of the molecule is Cc1ccc2c(c1)nc(N)n2C1CCC(C)(C)CC1. The van der Waals surface area contributed by atoms with Gasteiger partial charge in [0.1, 0.15) is 0 Å². The third-order valence-corrected chi connectivity index (χ3v) is 4.55. The Morgan fingerprint density at radius 2 is 1.95 bits per heavy atom. The van der Waals surface area contributed by atoms with E-state index in [1.165, 1.54) is 36.8 Å². The van der Waals surface area contributed by atoms with E-state index in [9.17, 15) is 0 Å². The summed E-state index contributed by atoms with van der Waals surface area (Å²) in [6.07, 6.45) is 4.94. The van der Waals surface area contributed by atoms with Crippen LogP contribution in [0.2, 0.25) is 0 Å². The minimum Gasteiger partial charge on any atom is -0.369 e. The molecule has 3 rings (SSSR count). The van der Waals surface area contributed by atoms with E-state index in [0.29, 0.717) is 17.4 Å². The highest BCUT2D eigenvalue weighted by Gasteiger charge is 2.29. The van der Waals surface area contributed by atoms with E-state index in [4.69, 9.17) is 5.73 Å². The van der Waals surface area contributed by atoms with Crippen molar-refractivity contribution in [3.63, 3.8) is 0 Å². The van der Waals surface area contributed by atoms with Gasteiger partial charge in [0.25, 0.3) is 0 Å². The first-order valence-corrected chi connectivity index (χ1v) is 7.20. The van der Waals surface area contributed by atoms with E-state index in [2.05, 4.69) is 48.5 Å². The van der Waals surface area contributed by atoms with Gasteiger partial charge in [0.15, 0.2) is 0 Å². The predicted molar refractivity (Wildman–Crippen MR) is 80.2 cm³/mol. The van der Waals surface area contributed by atoms with Crippen molar-refractivity contribution in [1.82, 2.24) is 9.55 Å². The molecule has 19 heavy (non-hydrogen) atoms. The number of imidazole rings is 1. The van der Waals surface area contributed by atoms with Gasteiger partial charge in [0, 0.05) is 6.04 Å². The summed E-state index contributed by atoms with van der Waals surface area (Å²) in [5.41, 5.74) is 10.1. The lowest BCUT2D eigenvalue weighted by molar-refractivity contribution is 0.197. The number of anilines is 1. The van der Waals surface area contributed by atoms with Crippen LogP contribution < -0.4 is 5.73 Å². The predicted octanol–water partition coefficient (Wildman–Crippen LogP) is 4.07. The minimum atomic E-state index is 0.484. The molecule has 0 aliphatic heterocycles. The first-order valence-electron chi connectivity index (χ1n) is 7.20. The summed E-state index contributed by atoms with van der Waals surface area (Å²) >= 11 is 0. The molecule has 102 valence electrons. The standard InChI is InChI=1S/C16H23N3/c1-11-4-5-14-13(10-11)18-15(17)19(14)12-6-8-16(2,3)9-7-12/h4-5,10,12H,6-9H2,1-3H3,(H2,17,18). The van der Waals surface area contributed by atoms with E-state index in [1.807, 2.05) is 0 Å². The van der Waals surface area contributed by atoms with Crippen LogP contribution in [0, 0.1) is 12.3 Å². The Morgan fingerprint density at radius 1 is 1.26 bits per heavy atom. The van der Waals surface area contributed by atoms with Gasteiger partial charge in [-0.1, -0.05) is 19.9 Å². The number of aromatic nitrogens is 2. The van der Waals surface area contributed by atoms with Crippen LogP contribution in [0.3, 0.4) is 0 Å². The fraction of sp³-hybridized carbons (Fsp3) is 0.562. The fourth-order valence-electron chi connectivity index (χ4n) is 3.25. The monoisotopic (exact) mass is 257 g/mol. The van der Waals surface area contributed by atoms with E-state index in [0.717, 1.165) is 5.52 Å². The van der Waals surface area contributed by atoms with Gasteiger partial charge >= 0.3 is 0 Å². The first-order chi connectivity index (χ1) is 8.96.